The molecule has 0 aromatic heterocycles. The first-order valence-corrected chi connectivity index (χ1v) is 6.74. The molecule has 1 atom stereocenters. The van der Waals surface area contributed by atoms with E-state index in [1.807, 2.05) is 4.90 Å². The van der Waals surface area contributed by atoms with Gasteiger partial charge < -0.3 is 10.2 Å². The average molecular weight is 248 g/mol. The second-order valence-electron chi connectivity index (χ2n) is 5.13. The molecule has 0 saturated heterocycles. The van der Waals surface area contributed by atoms with Gasteiger partial charge in [-0.15, -0.1) is 0 Å². The molecule has 0 radical (unpaired) electrons. The summed E-state index contributed by atoms with van der Waals surface area (Å²) in [6.45, 7) is 7.62. The molecular formula is C15H24N2O. The highest BCUT2D eigenvalue weighted by Gasteiger charge is 2.18. The van der Waals surface area contributed by atoms with Crippen molar-refractivity contribution in [3.8, 4) is 0 Å². The number of nitrogens with one attached hydrogen (secondary N) is 1. The molecule has 0 spiro atoms. The van der Waals surface area contributed by atoms with Crippen LogP contribution in [0.4, 0.5) is 5.69 Å². The molecule has 1 unspecified atom stereocenters. The van der Waals surface area contributed by atoms with Crippen LogP contribution in [0.15, 0.2) is 18.2 Å². The summed E-state index contributed by atoms with van der Waals surface area (Å²) in [5.41, 5.74) is 3.85. The Kier molecular flexibility index (Phi) is 3.90. The van der Waals surface area contributed by atoms with Gasteiger partial charge in [-0.05, 0) is 43.0 Å². The van der Waals surface area contributed by atoms with Crippen LogP contribution >= 0.6 is 0 Å². The molecular weight excluding hydrogens is 224 g/mol. The Morgan fingerprint density at radius 3 is 2.94 bits per heavy atom. The molecule has 1 aliphatic heterocycles. The lowest BCUT2D eigenvalue weighted by molar-refractivity contribution is -0.129. The van der Waals surface area contributed by atoms with Gasteiger partial charge in [-0.25, -0.2) is 0 Å². The number of fused-ring (bicyclic) bond motifs is 1. The van der Waals surface area contributed by atoms with Gasteiger partial charge in [0.05, 0.1) is 0 Å². The molecule has 18 heavy (non-hydrogen) atoms. The summed E-state index contributed by atoms with van der Waals surface area (Å²) in [6, 6.07) is 7.00. The fraction of sp³-hybridized carbons (Fsp3) is 0.533. The van der Waals surface area contributed by atoms with Crippen molar-refractivity contribution in [2.45, 2.75) is 46.2 Å². The number of amides is 1. The van der Waals surface area contributed by atoms with E-state index in [1.54, 1.807) is 6.92 Å². The summed E-state index contributed by atoms with van der Waals surface area (Å²) in [4.78, 5) is 13.3. The van der Waals surface area contributed by atoms with Gasteiger partial charge in [0.15, 0.2) is 0 Å². The predicted octanol–water partition coefficient (Wildman–Crippen LogP) is 3.05. The van der Waals surface area contributed by atoms with E-state index in [1.165, 1.54) is 16.8 Å². The van der Waals surface area contributed by atoms with Crippen LogP contribution in [-0.2, 0) is 17.8 Å². The van der Waals surface area contributed by atoms with E-state index in [-0.39, 0.29) is 7.33 Å². The number of hydrogen-bond acceptors (Lipinski definition) is 2. The average Bonchev–Trinajstić information content (AvgIpc) is 2.37. The van der Waals surface area contributed by atoms with Crippen LogP contribution in [-0.4, -0.2) is 23.4 Å². The number of hydrogen-bond donors (Lipinski definition) is 1. The monoisotopic (exact) mass is 248 g/mol. The van der Waals surface area contributed by atoms with E-state index in [2.05, 4.69) is 37.4 Å². The number of nitrogens with zero attached hydrogens (tertiary/aromatic N) is 1. The maximum absolute atomic E-state index is 11.4. The van der Waals surface area contributed by atoms with Crippen molar-refractivity contribution in [2.75, 3.05) is 11.9 Å². The van der Waals surface area contributed by atoms with Crippen molar-refractivity contribution in [1.82, 2.24) is 4.90 Å². The third kappa shape index (κ3) is 2.84. The molecule has 1 aromatic carbocycles. The lowest BCUT2D eigenvalue weighted by Gasteiger charge is -2.28. The van der Waals surface area contributed by atoms with E-state index in [0.717, 1.165) is 25.9 Å². The zero-order valence-corrected chi connectivity index (χ0v) is 11.5. The lowest BCUT2D eigenvalue weighted by atomic mass is 9.99. The lowest BCUT2D eigenvalue weighted by Crippen LogP contribution is -2.34. The third-order valence-corrected chi connectivity index (χ3v) is 3.69. The molecule has 1 aromatic rings. The third-order valence-electron chi connectivity index (χ3n) is 3.69. The van der Waals surface area contributed by atoms with E-state index in [0.29, 0.717) is 6.04 Å². The minimum atomic E-state index is 0. The second kappa shape index (κ2) is 5.42. The molecule has 1 aliphatic rings. The molecule has 0 fully saturated rings. The van der Waals surface area contributed by atoms with Crippen LogP contribution in [0.2, 0.25) is 0 Å². The Bertz CT molecular complexity index is 448. The number of carbonyl (C=O) groups is 1. The molecule has 0 aliphatic carbocycles. The maximum atomic E-state index is 11.4. The van der Waals surface area contributed by atoms with Crippen molar-refractivity contribution in [2.24, 2.45) is 0 Å². The Balaban J connectivity index is 0.00000180. The Morgan fingerprint density at radius 2 is 2.28 bits per heavy atom. The Hall–Kier alpha value is -1.51. The highest BCUT2D eigenvalue weighted by Crippen LogP contribution is 2.23. The second-order valence-corrected chi connectivity index (χ2v) is 5.13. The summed E-state index contributed by atoms with van der Waals surface area (Å²) in [5, 5.41) is 3.50. The van der Waals surface area contributed by atoms with E-state index in [9.17, 15) is 4.79 Å². The summed E-state index contributed by atoms with van der Waals surface area (Å²) in [7, 11) is 0. The first kappa shape index (κ1) is 12.9. The number of benzene rings is 1. The highest BCUT2D eigenvalue weighted by molar-refractivity contribution is 5.73. The van der Waals surface area contributed by atoms with Crippen molar-refractivity contribution in [3.05, 3.63) is 29.3 Å². The molecule has 1 amide bonds. The number of anilines is 1. The zero-order chi connectivity index (χ0) is 13.1. The highest BCUT2D eigenvalue weighted by atomic mass is 16.2. The van der Waals surface area contributed by atoms with Crippen LogP contribution < -0.4 is 5.32 Å². The normalized spacial score (nSPS) is 16.1. The van der Waals surface area contributed by atoms with Gasteiger partial charge in [-0.1, -0.05) is 13.0 Å². The fourth-order valence-corrected chi connectivity index (χ4v) is 2.30. The molecule has 0 bridgehead atoms. The minimum Gasteiger partial charge on any atom is -0.383 e. The molecule has 1 N–H and O–H groups in total. The molecule has 3 nitrogen and oxygen atoms in total. The van der Waals surface area contributed by atoms with Crippen molar-refractivity contribution in [1.29, 1.82) is 0 Å². The maximum Gasteiger partial charge on any atom is 0.219 e. The van der Waals surface area contributed by atoms with Gasteiger partial charge >= 0.3 is 0 Å². The van der Waals surface area contributed by atoms with Gasteiger partial charge in [0, 0.05) is 33.2 Å². The molecule has 3 heteroatoms. The topological polar surface area (TPSA) is 32.3 Å². The van der Waals surface area contributed by atoms with Crippen LogP contribution in [0, 0.1) is 0 Å². The number of carbonyl (C=O) groups excluding carboxylic acids is 1. The summed E-state index contributed by atoms with van der Waals surface area (Å²) in [6.07, 6.45) is 2.08. The minimum absolute atomic E-state index is 0. The largest absolute Gasteiger partial charge is 0.383 e. The first-order chi connectivity index (χ1) is 8.60. The van der Waals surface area contributed by atoms with Crippen molar-refractivity contribution in [3.63, 3.8) is 0 Å². The van der Waals surface area contributed by atoms with Crippen molar-refractivity contribution < 1.29 is 6.22 Å². The number of rotatable bonds is 3. The van der Waals surface area contributed by atoms with E-state index in [4.69, 9.17) is 0 Å². The van der Waals surface area contributed by atoms with Gasteiger partial charge in [-0.2, -0.15) is 0 Å². The predicted molar refractivity (Wildman–Crippen MR) is 76.7 cm³/mol. The van der Waals surface area contributed by atoms with Crippen LogP contribution in [0.1, 0.15) is 39.7 Å². The molecule has 1 heterocycles. The molecule has 0 saturated carbocycles. The van der Waals surface area contributed by atoms with Crippen molar-refractivity contribution >= 4 is 11.6 Å². The Labute approximate surface area is 111 Å². The standard InChI is InChI=1S/C15H22N2O.H2/c1-4-11(2)16-15-6-5-14-10-17(12(3)18)8-7-13(14)9-15;/h5-6,9,11,16H,4,7-8,10H2,1-3H3;1H. The Morgan fingerprint density at radius 1 is 1.50 bits per heavy atom. The smallest absolute Gasteiger partial charge is 0.219 e. The fourth-order valence-electron chi connectivity index (χ4n) is 2.30. The van der Waals surface area contributed by atoms with Gasteiger partial charge in [0.1, 0.15) is 0 Å². The summed E-state index contributed by atoms with van der Waals surface area (Å²) in [5.74, 6) is 0.169. The summed E-state index contributed by atoms with van der Waals surface area (Å²) >= 11 is 0. The quantitative estimate of drug-likeness (QED) is 0.891. The van der Waals surface area contributed by atoms with Crippen LogP contribution in [0.3, 0.4) is 0 Å². The van der Waals surface area contributed by atoms with E-state index < -0.39 is 0 Å². The zero-order valence-electron chi connectivity index (χ0n) is 11.5. The van der Waals surface area contributed by atoms with Gasteiger partial charge in [-0.3, -0.25) is 4.79 Å². The van der Waals surface area contributed by atoms with Gasteiger partial charge in [0.2, 0.25) is 5.91 Å². The van der Waals surface area contributed by atoms with E-state index >= 15 is 0 Å². The summed E-state index contributed by atoms with van der Waals surface area (Å²) < 4.78 is 0. The molecule has 100 valence electrons. The van der Waals surface area contributed by atoms with Crippen LogP contribution in [0.5, 0.6) is 0 Å². The first-order valence-electron chi connectivity index (χ1n) is 6.74. The molecule has 2 rings (SSSR count). The van der Waals surface area contributed by atoms with Gasteiger partial charge in [0.25, 0.3) is 0 Å². The van der Waals surface area contributed by atoms with Crippen LogP contribution in [0.25, 0.3) is 0 Å². The SMILES string of the molecule is CCC(C)Nc1ccc2c(c1)CCN(C(C)=O)C2.[HH].